The first-order valence-electron chi connectivity index (χ1n) is 8.30. The molecular formula is C17H34N2. The van der Waals surface area contributed by atoms with Gasteiger partial charge in [0, 0.05) is 25.7 Å². The number of hydrogen-bond acceptors (Lipinski definition) is 2. The van der Waals surface area contributed by atoms with Gasteiger partial charge in [-0.1, -0.05) is 34.6 Å². The predicted octanol–water partition coefficient (Wildman–Crippen LogP) is 3.47. The molecule has 0 amide bonds. The summed E-state index contributed by atoms with van der Waals surface area (Å²) in [4.78, 5) is 5.38. The van der Waals surface area contributed by atoms with Crippen LogP contribution in [0.2, 0.25) is 0 Å². The Hall–Kier alpha value is -0.0800. The van der Waals surface area contributed by atoms with Gasteiger partial charge in [0.15, 0.2) is 0 Å². The summed E-state index contributed by atoms with van der Waals surface area (Å²) in [6, 6.07) is 0.870. The number of hydrogen-bond donors (Lipinski definition) is 0. The largest absolute Gasteiger partial charge is 0.300 e. The summed E-state index contributed by atoms with van der Waals surface area (Å²) < 4.78 is 0. The number of piperidine rings is 1. The normalized spacial score (nSPS) is 24.9. The highest BCUT2D eigenvalue weighted by atomic mass is 15.3. The molecule has 2 saturated heterocycles. The molecule has 2 aliphatic heterocycles. The minimum atomic E-state index is 0.511. The number of likely N-dealkylation sites (tertiary alicyclic amines) is 2. The average Bonchev–Trinajstić information content (AvgIpc) is 2.22. The molecule has 2 aliphatic rings. The first-order chi connectivity index (χ1) is 8.83. The van der Waals surface area contributed by atoms with Crippen LogP contribution in [0.25, 0.3) is 0 Å². The van der Waals surface area contributed by atoms with Crippen molar-refractivity contribution in [1.82, 2.24) is 9.80 Å². The summed E-state index contributed by atoms with van der Waals surface area (Å²) in [5.74, 6) is 1.79. The third-order valence-corrected chi connectivity index (χ3v) is 4.63. The third-order valence-electron chi connectivity index (χ3n) is 4.63. The lowest BCUT2D eigenvalue weighted by molar-refractivity contribution is 0.00551. The van der Waals surface area contributed by atoms with E-state index in [1.54, 1.807) is 0 Å². The Morgan fingerprint density at radius 1 is 1.05 bits per heavy atom. The second-order valence-corrected chi connectivity index (χ2v) is 8.51. The molecule has 0 radical (unpaired) electrons. The average molecular weight is 266 g/mol. The molecule has 0 aliphatic carbocycles. The van der Waals surface area contributed by atoms with Gasteiger partial charge in [-0.15, -0.1) is 0 Å². The van der Waals surface area contributed by atoms with Gasteiger partial charge in [-0.3, -0.25) is 9.80 Å². The molecule has 0 N–H and O–H groups in total. The second-order valence-electron chi connectivity index (χ2n) is 8.51. The highest BCUT2D eigenvalue weighted by Gasteiger charge is 2.34. The van der Waals surface area contributed by atoms with Crippen LogP contribution in [0.15, 0.2) is 0 Å². The van der Waals surface area contributed by atoms with Crippen molar-refractivity contribution in [2.75, 3.05) is 32.7 Å². The van der Waals surface area contributed by atoms with E-state index in [1.165, 1.54) is 52.0 Å². The summed E-state index contributed by atoms with van der Waals surface area (Å²) in [6.45, 7) is 18.4. The molecule has 2 fully saturated rings. The van der Waals surface area contributed by atoms with Gasteiger partial charge in [-0.25, -0.2) is 0 Å². The summed E-state index contributed by atoms with van der Waals surface area (Å²) in [6.07, 6.45) is 4.26. The fraction of sp³-hybridized carbons (Fsp3) is 1.00. The molecule has 112 valence electrons. The number of nitrogens with zero attached hydrogens (tertiary/aromatic N) is 2. The van der Waals surface area contributed by atoms with Crippen molar-refractivity contribution >= 4 is 0 Å². The fourth-order valence-corrected chi connectivity index (χ4v) is 3.83. The Labute approximate surface area is 120 Å². The van der Waals surface area contributed by atoms with Gasteiger partial charge in [-0.2, -0.15) is 0 Å². The monoisotopic (exact) mass is 266 g/mol. The van der Waals surface area contributed by atoms with Crippen LogP contribution in [0.3, 0.4) is 0 Å². The van der Waals surface area contributed by atoms with Gasteiger partial charge >= 0.3 is 0 Å². The van der Waals surface area contributed by atoms with E-state index in [4.69, 9.17) is 0 Å². The first-order valence-corrected chi connectivity index (χ1v) is 8.30. The quantitative estimate of drug-likeness (QED) is 0.769. The molecule has 0 saturated carbocycles. The Balaban J connectivity index is 1.65. The molecule has 0 aromatic rings. The van der Waals surface area contributed by atoms with E-state index in [1.807, 2.05) is 0 Å². The lowest BCUT2D eigenvalue weighted by Gasteiger charge is -2.48. The molecule has 2 nitrogen and oxygen atoms in total. The van der Waals surface area contributed by atoms with E-state index in [9.17, 15) is 0 Å². The van der Waals surface area contributed by atoms with E-state index in [0.29, 0.717) is 5.41 Å². The van der Waals surface area contributed by atoms with Gasteiger partial charge in [0.1, 0.15) is 0 Å². The van der Waals surface area contributed by atoms with Crippen molar-refractivity contribution < 1.29 is 0 Å². The van der Waals surface area contributed by atoms with Crippen LogP contribution in [-0.4, -0.2) is 48.6 Å². The van der Waals surface area contributed by atoms with Crippen molar-refractivity contribution in [3.63, 3.8) is 0 Å². The highest BCUT2D eigenvalue weighted by molar-refractivity contribution is 4.90. The molecule has 0 spiro atoms. The second kappa shape index (κ2) is 6.13. The van der Waals surface area contributed by atoms with Gasteiger partial charge in [0.05, 0.1) is 0 Å². The standard InChI is InChI=1S/C17H34N2/c1-14(2)11-18-12-16(13-18)19-8-6-15(7-9-19)10-17(3,4)5/h14-16H,6-13H2,1-5H3. The van der Waals surface area contributed by atoms with E-state index >= 15 is 0 Å². The zero-order valence-corrected chi connectivity index (χ0v) is 13.8. The Bertz CT molecular complexity index is 265. The molecule has 2 heterocycles. The first kappa shape index (κ1) is 15.3. The van der Waals surface area contributed by atoms with Gasteiger partial charge in [0.2, 0.25) is 0 Å². The molecule has 19 heavy (non-hydrogen) atoms. The molecule has 2 heteroatoms. The van der Waals surface area contributed by atoms with Crippen LogP contribution in [-0.2, 0) is 0 Å². The highest BCUT2D eigenvalue weighted by Crippen LogP contribution is 2.32. The van der Waals surface area contributed by atoms with Crippen molar-refractivity contribution in [1.29, 1.82) is 0 Å². The lowest BCUT2D eigenvalue weighted by Crippen LogP contribution is -2.61. The topological polar surface area (TPSA) is 6.48 Å². The van der Waals surface area contributed by atoms with Gasteiger partial charge in [0.25, 0.3) is 0 Å². The van der Waals surface area contributed by atoms with Crippen molar-refractivity contribution in [2.45, 2.75) is 59.9 Å². The minimum absolute atomic E-state index is 0.511. The number of rotatable bonds is 4. The predicted molar refractivity (Wildman–Crippen MR) is 83.4 cm³/mol. The maximum Gasteiger partial charge on any atom is 0.0350 e. The van der Waals surface area contributed by atoms with Crippen molar-refractivity contribution in [2.24, 2.45) is 17.3 Å². The van der Waals surface area contributed by atoms with Crippen molar-refractivity contribution in [3.8, 4) is 0 Å². The van der Waals surface area contributed by atoms with E-state index < -0.39 is 0 Å². The fourth-order valence-electron chi connectivity index (χ4n) is 3.83. The third kappa shape index (κ3) is 4.75. The zero-order valence-electron chi connectivity index (χ0n) is 13.8. The van der Waals surface area contributed by atoms with Crippen LogP contribution in [0, 0.1) is 17.3 Å². The molecule has 0 aromatic heterocycles. The van der Waals surface area contributed by atoms with E-state index in [2.05, 4.69) is 44.4 Å². The zero-order chi connectivity index (χ0) is 14.0. The summed E-state index contributed by atoms with van der Waals surface area (Å²) in [5.41, 5.74) is 0.511. The summed E-state index contributed by atoms with van der Waals surface area (Å²) >= 11 is 0. The van der Waals surface area contributed by atoms with Gasteiger partial charge in [-0.05, 0) is 49.6 Å². The van der Waals surface area contributed by atoms with Crippen LogP contribution in [0.4, 0.5) is 0 Å². The molecule has 0 unspecified atom stereocenters. The molecule has 0 atom stereocenters. The maximum absolute atomic E-state index is 2.76. The van der Waals surface area contributed by atoms with Crippen molar-refractivity contribution in [3.05, 3.63) is 0 Å². The molecule has 0 aromatic carbocycles. The molecular weight excluding hydrogens is 232 g/mol. The molecule has 2 rings (SSSR count). The lowest BCUT2D eigenvalue weighted by atomic mass is 9.80. The van der Waals surface area contributed by atoms with E-state index in [-0.39, 0.29) is 0 Å². The van der Waals surface area contributed by atoms with Gasteiger partial charge < -0.3 is 0 Å². The SMILES string of the molecule is CC(C)CN1CC(N2CCC(CC(C)(C)C)CC2)C1. The summed E-state index contributed by atoms with van der Waals surface area (Å²) in [7, 11) is 0. The summed E-state index contributed by atoms with van der Waals surface area (Å²) in [5, 5.41) is 0. The van der Waals surface area contributed by atoms with Crippen LogP contribution >= 0.6 is 0 Å². The van der Waals surface area contributed by atoms with E-state index in [0.717, 1.165) is 17.9 Å². The molecule has 0 bridgehead atoms. The van der Waals surface area contributed by atoms with Crippen LogP contribution < -0.4 is 0 Å². The smallest absolute Gasteiger partial charge is 0.0350 e. The Morgan fingerprint density at radius 2 is 1.63 bits per heavy atom. The van der Waals surface area contributed by atoms with Crippen LogP contribution in [0.5, 0.6) is 0 Å². The Kier molecular flexibility index (Phi) is 4.94. The minimum Gasteiger partial charge on any atom is -0.300 e. The Morgan fingerprint density at radius 3 is 2.11 bits per heavy atom. The maximum atomic E-state index is 2.76. The van der Waals surface area contributed by atoms with Crippen LogP contribution in [0.1, 0.15) is 53.9 Å².